The van der Waals surface area contributed by atoms with E-state index in [0.717, 1.165) is 19.4 Å². The predicted octanol–water partition coefficient (Wildman–Crippen LogP) is 2.67. The summed E-state index contributed by atoms with van der Waals surface area (Å²) in [5.41, 5.74) is -1.51. The lowest BCUT2D eigenvalue weighted by Gasteiger charge is -2.35. The van der Waals surface area contributed by atoms with Crippen LogP contribution in [-0.4, -0.2) is 36.5 Å². The molecule has 1 aromatic rings. The maximum absolute atomic E-state index is 13.8. The molecule has 0 spiro atoms. The summed E-state index contributed by atoms with van der Waals surface area (Å²) in [6, 6.07) is 2.32. The summed E-state index contributed by atoms with van der Waals surface area (Å²) < 4.78 is 52.0. The largest absolute Gasteiger partial charge is 0.416 e. The molecule has 3 nitrogen and oxygen atoms in total. The van der Waals surface area contributed by atoms with Crippen LogP contribution in [0.3, 0.4) is 0 Å². The normalized spacial score (nSPS) is 25.2. The van der Waals surface area contributed by atoms with Crippen molar-refractivity contribution in [2.45, 2.75) is 25.1 Å². The van der Waals surface area contributed by atoms with Gasteiger partial charge < -0.3 is 10.2 Å². The molecule has 1 N–H and O–H groups in total. The van der Waals surface area contributed by atoms with E-state index in [4.69, 9.17) is 0 Å². The summed E-state index contributed by atoms with van der Waals surface area (Å²) in [5.74, 6) is -1.27. The first kappa shape index (κ1) is 15.3. The third kappa shape index (κ3) is 2.82. The van der Waals surface area contributed by atoms with Gasteiger partial charge >= 0.3 is 6.18 Å². The fourth-order valence-corrected chi connectivity index (χ4v) is 3.27. The lowest BCUT2D eigenvalue weighted by atomic mass is 9.93. The zero-order chi connectivity index (χ0) is 15.9. The summed E-state index contributed by atoms with van der Waals surface area (Å²) in [4.78, 5) is 13.9. The second-order valence-corrected chi connectivity index (χ2v) is 5.84. The van der Waals surface area contributed by atoms with Crippen LogP contribution in [-0.2, 0) is 6.18 Å². The highest BCUT2D eigenvalue weighted by atomic mass is 19.4. The quantitative estimate of drug-likeness (QED) is 0.808. The zero-order valence-electron chi connectivity index (χ0n) is 11.8. The highest BCUT2D eigenvalue weighted by Gasteiger charge is 2.36. The van der Waals surface area contributed by atoms with Crippen molar-refractivity contribution in [1.29, 1.82) is 0 Å². The number of hydrogen-bond donors (Lipinski definition) is 1. The Morgan fingerprint density at radius 2 is 2.05 bits per heavy atom. The minimum absolute atomic E-state index is 0.298. The second kappa shape index (κ2) is 5.53. The van der Waals surface area contributed by atoms with Gasteiger partial charge in [0.25, 0.3) is 5.91 Å². The summed E-state index contributed by atoms with van der Waals surface area (Å²) in [7, 11) is 0. The summed E-state index contributed by atoms with van der Waals surface area (Å²) in [5, 5.41) is 3.34. The number of nitrogens with one attached hydrogen (secondary N) is 1. The van der Waals surface area contributed by atoms with E-state index in [1.54, 1.807) is 0 Å². The Balaban J connectivity index is 1.82. The summed E-state index contributed by atoms with van der Waals surface area (Å²) in [6.45, 7) is 1.78. The van der Waals surface area contributed by atoms with Crippen molar-refractivity contribution in [3.63, 3.8) is 0 Å². The fraction of sp³-hybridized carbons (Fsp3) is 0.533. The SMILES string of the molecule is O=C(c1cc(C(F)(F)F)ccc1F)N1CCC2NCCC2C1. The Morgan fingerprint density at radius 1 is 1.27 bits per heavy atom. The van der Waals surface area contributed by atoms with Crippen molar-refractivity contribution in [2.75, 3.05) is 19.6 Å². The lowest BCUT2D eigenvalue weighted by Crippen LogP contribution is -2.47. The number of benzene rings is 1. The van der Waals surface area contributed by atoms with Gasteiger partial charge in [0.15, 0.2) is 0 Å². The molecule has 0 aliphatic carbocycles. The predicted molar refractivity (Wildman–Crippen MR) is 71.8 cm³/mol. The molecule has 120 valence electrons. The van der Waals surface area contributed by atoms with Gasteiger partial charge in [-0.25, -0.2) is 4.39 Å². The van der Waals surface area contributed by atoms with Crippen LogP contribution in [0.15, 0.2) is 18.2 Å². The molecule has 2 aliphatic heterocycles. The first-order valence-corrected chi connectivity index (χ1v) is 7.25. The number of alkyl halides is 3. The minimum atomic E-state index is -4.59. The van der Waals surface area contributed by atoms with Gasteiger partial charge in [0, 0.05) is 19.1 Å². The molecular formula is C15H16F4N2O. The second-order valence-electron chi connectivity index (χ2n) is 5.84. The number of likely N-dealkylation sites (tertiary alicyclic amines) is 1. The van der Waals surface area contributed by atoms with Gasteiger partial charge in [0.1, 0.15) is 5.82 Å². The molecule has 2 atom stereocenters. The van der Waals surface area contributed by atoms with E-state index < -0.39 is 29.0 Å². The molecule has 0 bridgehead atoms. The van der Waals surface area contributed by atoms with Gasteiger partial charge in [-0.2, -0.15) is 13.2 Å². The Hall–Kier alpha value is -1.63. The topological polar surface area (TPSA) is 32.3 Å². The van der Waals surface area contributed by atoms with Crippen LogP contribution in [0.4, 0.5) is 17.6 Å². The first-order valence-electron chi connectivity index (χ1n) is 7.25. The Kier molecular flexibility index (Phi) is 3.84. The molecule has 3 rings (SSSR count). The zero-order valence-corrected chi connectivity index (χ0v) is 11.8. The van der Waals surface area contributed by atoms with Gasteiger partial charge in [-0.3, -0.25) is 4.79 Å². The van der Waals surface area contributed by atoms with E-state index in [9.17, 15) is 22.4 Å². The molecule has 1 amide bonds. The fourth-order valence-electron chi connectivity index (χ4n) is 3.27. The minimum Gasteiger partial charge on any atom is -0.338 e. The van der Waals surface area contributed by atoms with Gasteiger partial charge in [0.2, 0.25) is 0 Å². The molecule has 0 radical (unpaired) electrons. The number of rotatable bonds is 1. The van der Waals surface area contributed by atoms with E-state index in [1.165, 1.54) is 4.90 Å². The number of carbonyl (C=O) groups is 1. The number of nitrogens with zero attached hydrogens (tertiary/aromatic N) is 1. The molecule has 2 fully saturated rings. The molecule has 2 saturated heterocycles. The van der Waals surface area contributed by atoms with E-state index >= 15 is 0 Å². The maximum Gasteiger partial charge on any atom is 0.416 e. The highest BCUT2D eigenvalue weighted by Crippen LogP contribution is 2.31. The van der Waals surface area contributed by atoms with E-state index in [-0.39, 0.29) is 0 Å². The maximum atomic E-state index is 13.8. The standard InChI is InChI=1S/C15H16F4N2O/c16-12-2-1-10(15(17,18)19)7-11(12)14(22)21-6-4-13-9(8-21)3-5-20-13/h1-2,7,9,13,20H,3-6,8H2. The number of halogens is 4. The molecule has 0 saturated carbocycles. The third-order valence-corrected chi connectivity index (χ3v) is 4.47. The Bertz CT molecular complexity index is 587. The lowest BCUT2D eigenvalue weighted by molar-refractivity contribution is -0.137. The molecule has 2 aliphatic rings. The molecule has 2 heterocycles. The number of amides is 1. The van der Waals surface area contributed by atoms with Crippen molar-refractivity contribution in [1.82, 2.24) is 10.2 Å². The van der Waals surface area contributed by atoms with Crippen molar-refractivity contribution in [3.8, 4) is 0 Å². The van der Waals surface area contributed by atoms with Crippen molar-refractivity contribution >= 4 is 5.91 Å². The van der Waals surface area contributed by atoms with Crippen LogP contribution in [0.1, 0.15) is 28.8 Å². The number of carbonyl (C=O) groups excluding carboxylic acids is 1. The van der Waals surface area contributed by atoms with Gasteiger partial charge in [-0.15, -0.1) is 0 Å². The van der Waals surface area contributed by atoms with Crippen LogP contribution in [0.2, 0.25) is 0 Å². The first-order chi connectivity index (χ1) is 10.4. The monoisotopic (exact) mass is 316 g/mol. The Labute approximate surface area is 125 Å². The molecule has 2 unspecified atom stereocenters. The van der Waals surface area contributed by atoms with E-state index in [0.29, 0.717) is 43.2 Å². The molecule has 0 aromatic heterocycles. The van der Waals surface area contributed by atoms with Crippen molar-refractivity contribution < 1.29 is 22.4 Å². The number of fused-ring (bicyclic) bond motifs is 1. The summed E-state index contributed by atoms with van der Waals surface area (Å²) in [6.07, 6.45) is -2.92. The highest BCUT2D eigenvalue weighted by molar-refractivity contribution is 5.94. The number of piperidine rings is 1. The molecule has 7 heteroatoms. The van der Waals surface area contributed by atoms with E-state index in [1.807, 2.05) is 0 Å². The van der Waals surface area contributed by atoms with Gasteiger partial charge in [-0.05, 0) is 43.5 Å². The Morgan fingerprint density at radius 3 is 2.77 bits per heavy atom. The van der Waals surface area contributed by atoms with Crippen LogP contribution in [0.5, 0.6) is 0 Å². The average molecular weight is 316 g/mol. The number of hydrogen-bond acceptors (Lipinski definition) is 2. The van der Waals surface area contributed by atoms with Gasteiger partial charge in [0.05, 0.1) is 11.1 Å². The summed E-state index contributed by atoms with van der Waals surface area (Å²) >= 11 is 0. The molecular weight excluding hydrogens is 300 g/mol. The van der Waals surface area contributed by atoms with Crippen LogP contribution in [0.25, 0.3) is 0 Å². The average Bonchev–Trinajstić information content (AvgIpc) is 2.93. The van der Waals surface area contributed by atoms with Crippen molar-refractivity contribution in [3.05, 3.63) is 35.1 Å². The van der Waals surface area contributed by atoms with E-state index in [2.05, 4.69) is 5.32 Å². The third-order valence-electron chi connectivity index (χ3n) is 4.47. The smallest absolute Gasteiger partial charge is 0.338 e. The molecule has 1 aromatic carbocycles. The van der Waals surface area contributed by atoms with Crippen LogP contribution in [0, 0.1) is 11.7 Å². The van der Waals surface area contributed by atoms with Crippen LogP contribution >= 0.6 is 0 Å². The van der Waals surface area contributed by atoms with Gasteiger partial charge in [-0.1, -0.05) is 0 Å². The van der Waals surface area contributed by atoms with Crippen LogP contribution < -0.4 is 5.32 Å². The van der Waals surface area contributed by atoms with Crippen molar-refractivity contribution in [2.24, 2.45) is 5.92 Å². The molecule has 22 heavy (non-hydrogen) atoms.